The SMILES string of the molecule is CCCCN(CC(=O)N1CCCCC1c1nc(-c2cccc(Cl)c2)no1)C(=O)CSc1ccccc1. The van der Waals surface area contributed by atoms with Crippen LogP contribution in [-0.2, 0) is 9.59 Å². The second-order valence-corrected chi connectivity index (χ2v) is 10.3. The number of nitrogens with zero attached hydrogens (tertiary/aromatic N) is 4. The van der Waals surface area contributed by atoms with E-state index in [0.29, 0.717) is 35.6 Å². The van der Waals surface area contributed by atoms with E-state index in [1.54, 1.807) is 21.9 Å². The standard InChI is InChI=1S/C27H31ClN4O3S/c1-2-3-15-31(25(34)19-36-22-12-5-4-6-13-22)18-24(33)32-16-8-7-14-23(32)27-29-26(30-35-27)20-10-9-11-21(28)17-20/h4-6,9-13,17,23H,2-3,7-8,14-16,18-19H2,1H3. The van der Waals surface area contributed by atoms with Gasteiger partial charge in [-0.25, -0.2) is 0 Å². The van der Waals surface area contributed by atoms with E-state index in [0.717, 1.165) is 42.6 Å². The Morgan fingerprint density at radius 3 is 2.78 bits per heavy atom. The van der Waals surface area contributed by atoms with Crippen LogP contribution in [0.5, 0.6) is 0 Å². The lowest BCUT2D eigenvalue weighted by Gasteiger charge is -2.35. The van der Waals surface area contributed by atoms with E-state index in [9.17, 15) is 9.59 Å². The van der Waals surface area contributed by atoms with Crippen molar-refractivity contribution in [2.24, 2.45) is 0 Å². The molecule has 0 radical (unpaired) electrons. The predicted octanol–water partition coefficient (Wildman–Crippen LogP) is 5.86. The highest BCUT2D eigenvalue weighted by atomic mass is 35.5. The smallest absolute Gasteiger partial charge is 0.249 e. The van der Waals surface area contributed by atoms with Crippen molar-refractivity contribution >= 4 is 35.2 Å². The van der Waals surface area contributed by atoms with Crippen LogP contribution in [0, 0.1) is 0 Å². The largest absolute Gasteiger partial charge is 0.337 e. The highest BCUT2D eigenvalue weighted by Gasteiger charge is 2.33. The summed E-state index contributed by atoms with van der Waals surface area (Å²) < 4.78 is 5.60. The minimum atomic E-state index is -0.298. The summed E-state index contributed by atoms with van der Waals surface area (Å²) in [6.45, 7) is 3.30. The molecule has 2 aromatic carbocycles. The Bertz CT molecular complexity index is 1160. The van der Waals surface area contributed by atoms with Gasteiger partial charge in [0.15, 0.2) is 0 Å². The number of benzene rings is 2. The first-order valence-corrected chi connectivity index (χ1v) is 13.8. The molecule has 1 fully saturated rings. The highest BCUT2D eigenvalue weighted by molar-refractivity contribution is 8.00. The third-order valence-corrected chi connectivity index (χ3v) is 7.43. The maximum atomic E-state index is 13.5. The lowest BCUT2D eigenvalue weighted by molar-refractivity contribution is -0.142. The first-order valence-electron chi connectivity index (χ1n) is 12.4. The minimum absolute atomic E-state index is 0.0276. The Morgan fingerprint density at radius 1 is 1.17 bits per heavy atom. The molecule has 9 heteroatoms. The van der Waals surface area contributed by atoms with Gasteiger partial charge in [0, 0.05) is 28.6 Å². The molecule has 2 amide bonds. The summed E-state index contributed by atoms with van der Waals surface area (Å²) in [4.78, 5) is 35.7. The molecule has 1 atom stereocenters. The number of amides is 2. The average Bonchev–Trinajstić information content (AvgIpc) is 3.40. The molecule has 190 valence electrons. The number of hydrogen-bond acceptors (Lipinski definition) is 6. The number of rotatable bonds is 10. The van der Waals surface area contributed by atoms with Crippen LogP contribution in [0.15, 0.2) is 64.0 Å². The number of unbranched alkanes of at least 4 members (excludes halogenated alkanes) is 1. The third-order valence-electron chi connectivity index (χ3n) is 6.20. The number of aromatic nitrogens is 2. The van der Waals surface area contributed by atoms with Crippen molar-refractivity contribution in [3.05, 3.63) is 65.5 Å². The molecule has 0 N–H and O–H groups in total. The van der Waals surface area contributed by atoms with E-state index in [2.05, 4.69) is 17.1 Å². The van der Waals surface area contributed by atoms with Crippen molar-refractivity contribution in [2.75, 3.05) is 25.4 Å². The lowest BCUT2D eigenvalue weighted by atomic mass is 10.0. The topological polar surface area (TPSA) is 79.5 Å². The number of carbonyl (C=O) groups is 2. The molecule has 3 aromatic rings. The maximum Gasteiger partial charge on any atom is 0.249 e. The van der Waals surface area contributed by atoms with E-state index in [-0.39, 0.29) is 24.4 Å². The molecule has 1 saturated heterocycles. The fourth-order valence-electron chi connectivity index (χ4n) is 4.25. The van der Waals surface area contributed by atoms with Crippen LogP contribution in [0.3, 0.4) is 0 Å². The van der Waals surface area contributed by atoms with Gasteiger partial charge in [-0.3, -0.25) is 9.59 Å². The Hall–Kier alpha value is -2.84. The zero-order valence-electron chi connectivity index (χ0n) is 20.4. The van der Waals surface area contributed by atoms with E-state index in [1.807, 2.05) is 42.5 Å². The monoisotopic (exact) mass is 526 g/mol. The molecule has 1 aromatic heterocycles. The average molecular weight is 527 g/mol. The van der Waals surface area contributed by atoms with Crippen LogP contribution in [0.2, 0.25) is 5.02 Å². The van der Waals surface area contributed by atoms with Gasteiger partial charge in [0.1, 0.15) is 6.04 Å². The molecule has 2 heterocycles. The van der Waals surface area contributed by atoms with Crippen LogP contribution >= 0.6 is 23.4 Å². The molecular formula is C27H31ClN4O3S. The van der Waals surface area contributed by atoms with Crippen molar-refractivity contribution in [3.63, 3.8) is 0 Å². The lowest BCUT2D eigenvalue weighted by Crippen LogP contribution is -2.46. The fraction of sp³-hybridized carbons (Fsp3) is 0.407. The third kappa shape index (κ3) is 6.89. The second kappa shape index (κ2) is 12.9. The summed E-state index contributed by atoms with van der Waals surface area (Å²) in [5.74, 6) is 1.06. The molecule has 1 unspecified atom stereocenters. The highest BCUT2D eigenvalue weighted by Crippen LogP contribution is 2.32. The summed E-state index contributed by atoms with van der Waals surface area (Å²) in [5.41, 5.74) is 0.762. The van der Waals surface area contributed by atoms with Gasteiger partial charge >= 0.3 is 0 Å². The quantitative estimate of drug-likeness (QED) is 0.308. The molecule has 0 spiro atoms. The summed E-state index contributed by atoms with van der Waals surface area (Å²) in [7, 11) is 0. The van der Waals surface area contributed by atoms with Crippen LogP contribution in [0.1, 0.15) is 51.0 Å². The zero-order chi connectivity index (χ0) is 25.3. The molecular weight excluding hydrogens is 496 g/mol. The molecule has 4 rings (SSSR count). The van der Waals surface area contributed by atoms with Gasteiger partial charge in [-0.1, -0.05) is 60.4 Å². The fourth-order valence-corrected chi connectivity index (χ4v) is 5.26. The Morgan fingerprint density at radius 2 is 2.00 bits per heavy atom. The van der Waals surface area contributed by atoms with Crippen LogP contribution in [0.4, 0.5) is 0 Å². The van der Waals surface area contributed by atoms with E-state index in [1.165, 1.54) is 11.8 Å². The van der Waals surface area contributed by atoms with Gasteiger partial charge in [0.25, 0.3) is 0 Å². The van der Waals surface area contributed by atoms with Crippen LogP contribution < -0.4 is 0 Å². The van der Waals surface area contributed by atoms with Crippen LogP contribution in [0.25, 0.3) is 11.4 Å². The van der Waals surface area contributed by atoms with Crippen molar-refractivity contribution < 1.29 is 14.1 Å². The number of hydrogen-bond donors (Lipinski definition) is 0. The van der Waals surface area contributed by atoms with Crippen molar-refractivity contribution in [3.8, 4) is 11.4 Å². The van der Waals surface area contributed by atoms with Gasteiger partial charge in [0.2, 0.25) is 23.5 Å². The zero-order valence-corrected chi connectivity index (χ0v) is 22.0. The Labute approximate surface area is 221 Å². The summed E-state index contributed by atoms with van der Waals surface area (Å²) >= 11 is 7.60. The van der Waals surface area contributed by atoms with Crippen molar-refractivity contribution in [1.82, 2.24) is 19.9 Å². The normalized spacial score (nSPS) is 15.6. The number of halogens is 1. The number of carbonyl (C=O) groups excluding carboxylic acids is 2. The minimum Gasteiger partial charge on any atom is -0.337 e. The molecule has 1 aliphatic rings. The van der Waals surface area contributed by atoms with Crippen molar-refractivity contribution in [2.45, 2.75) is 50.0 Å². The first-order chi connectivity index (χ1) is 17.5. The van der Waals surface area contributed by atoms with Gasteiger partial charge in [0.05, 0.1) is 12.3 Å². The molecule has 0 aliphatic carbocycles. The molecule has 1 aliphatic heterocycles. The van der Waals surface area contributed by atoms with Gasteiger partial charge in [-0.05, 0) is 49.9 Å². The number of likely N-dealkylation sites (tertiary alicyclic amines) is 1. The number of piperidine rings is 1. The van der Waals surface area contributed by atoms with E-state index >= 15 is 0 Å². The van der Waals surface area contributed by atoms with Crippen molar-refractivity contribution in [1.29, 1.82) is 0 Å². The molecule has 0 bridgehead atoms. The molecule has 7 nitrogen and oxygen atoms in total. The van der Waals surface area contributed by atoms with Gasteiger partial charge in [-0.2, -0.15) is 4.98 Å². The Kier molecular flexibility index (Phi) is 9.41. The van der Waals surface area contributed by atoms with Crippen LogP contribution in [-0.4, -0.2) is 57.1 Å². The van der Waals surface area contributed by atoms with E-state index in [4.69, 9.17) is 16.1 Å². The summed E-state index contributed by atoms with van der Waals surface area (Å²) in [5, 5.41) is 4.72. The molecule has 0 saturated carbocycles. The predicted molar refractivity (Wildman–Crippen MR) is 142 cm³/mol. The number of thioether (sulfide) groups is 1. The summed E-state index contributed by atoms with van der Waals surface area (Å²) in [6, 6.07) is 16.8. The van der Waals surface area contributed by atoms with Gasteiger partial charge in [-0.15, -0.1) is 11.8 Å². The maximum absolute atomic E-state index is 13.5. The van der Waals surface area contributed by atoms with E-state index < -0.39 is 0 Å². The first kappa shape index (κ1) is 26.2. The van der Waals surface area contributed by atoms with Gasteiger partial charge < -0.3 is 14.3 Å². The Balaban J connectivity index is 1.44. The summed E-state index contributed by atoms with van der Waals surface area (Å²) in [6.07, 6.45) is 4.42. The molecule has 36 heavy (non-hydrogen) atoms. The second-order valence-electron chi connectivity index (χ2n) is 8.84.